The van der Waals surface area contributed by atoms with Gasteiger partial charge in [-0.3, -0.25) is 4.99 Å². The lowest BCUT2D eigenvalue weighted by Crippen LogP contribution is -2.13. The number of rotatable bonds is 6. The Morgan fingerprint density at radius 1 is 1.19 bits per heavy atom. The predicted octanol–water partition coefficient (Wildman–Crippen LogP) is 7.52. The van der Waals surface area contributed by atoms with Gasteiger partial charge in [-0.25, -0.2) is 4.68 Å². The fourth-order valence-electron chi connectivity index (χ4n) is 4.65. The highest BCUT2D eigenvalue weighted by atomic mass is 15.4. The van der Waals surface area contributed by atoms with Crippen LogP contribution in [0.15, 0.2) is 67.2 Å². The van der Waals surface area contributed by atoms with E-state index in [9.17, 15) is 0 Å². The van der Waals surface area contributed by atoms with E-state index in [1.54, 1.807) is 12.3 Å². The molecule has 4 nitrogen and oxygen atoms in total. The second-order valence-electron chi connectivity index (χ2n) is 8.58. The van der Waals surface area contributed by atoms with Crippen LogP contribution in [-0.4, -0.2) is 16.0 Å². The van der Waals surface area contributed by atoms with Crippen molar-refractivity contribution < 1.29 is 0 Å². The maximum absolute atomic E-state index is 4.81. The van der Waals surface area contributed by atoms with E-state index in [4.69, 9.17) is 5.10 Å². The van der Waals surface area contributed by atoms with Crippen LogP contribution in [0.2, 0.25) is 0 Å². The molecule has 0 unspecified atom stereocenters. The molecule has 1 aliphatic carbocycles. The van der Waals surface area contributed by atoms with Gasteiger partial charge in [-0.1, -0.05) is 75.4 Å². The molecule has 2 aliphatic rings. The summed E-state index contributed by atoms with van der Waals surface area (Å²) in [6.07, 6.45) is 14.0. The number of anilines is 1. The van der Waals surface area contributed by atoms with E-state index in [2.05, 4.69) is 54.3 Å². The Morgan fingerprint density at radius 3 is 2.53 bits per heavy atom. The average molecular weight is 425 g/mol. The van der Waals surface area contributed by atoms with E-state index in [-0.39, 0.29) is 0 Å². The monoisotopic (exact) mass is 424 g/mol. The summed E-state index contributed by atoms with van der Waals surface area (Å²) in [7, 11) is 0. The van der Waals surface area contributed by atoms with E-state index >= 15 is 0 Å². The molecule has 1 fully saturated rings. The summed E-state index contributed by atoms with van der Waals surface area (Å²) in [6.45, 7) is 16.1. The predicted molar refractivity (Wildman–Crippen MR) is 138 cm³/mol. The van der Waals surface area contributed by atoms with Gasteiger partial charge in [0.2, 0.25) is 0 Å². The van der Waals surface area contributed by atoms with Crippen molar-refractivity contribution in [3.05, 3.63) is 84.6 Å². The van der Waals surface area contributed by atoms with E-state index in [1.165, 1.54) is 37.7 Å². The van der Waals surface area contributed by atoms with Crippen molar-refractivity contribution in [3.63, 3.8) is 0 Å². The third-order valence-corrected chi connectivity index (χ3v) is 6.28. The minimum absolute atomic E-state index is 0.704. The van der Waals surface area contributed by atoms with Crippen LogP contribution in [0.3, 0.4) is 0 Å². The lowest BCUT2D eigenvalue weighted by Gasteiger charge is -2.23. The summed E-state index contributed by atoms with van der Waals surface area (Å²) in [5.41, 5.74) is 7.85. The Kier molecular flexibility index (Phi) is 6.40. The van der Waals surface area contributed by atoms with Gasteiger partial charge in [-0.05, 0) is 55.4 Å². The van der Waals surface area contributed by atoms with E-state index < -0.39 is 0 Å². The standard InChI is InChI=1S/C28H32N4/c1-6-17-29-24(7-2)27-26(19(3)4)28-30-25(18-20(5)32(28)31-27)23-15-13-22(14-16-23)21-11-9-8-10-12-21/h6-7,13-18,21,30H,1,3,5,8-12H2,2,4H3/b24-7-,29-17?. The van der Waals surface area contributed by atoms with Crippen LogP contribution < -0.4 is 5.32 Å². The summed E-state index contributed by atoms with van der Waals surface area (Å²) in [6, 6.07) is 9.01. The SMILES string of the molecule is C=CC=N/C(=C\C)c1nn2c(c1C(=C)C)NC(c1ccc(C3CCCCC3)cc1)=CC2=C. The van der Waals surface area contributed by atoms with Gasteiger partial charge in [-0.2, -0.15) is 5.10 Å². The molecular formula is C28H32N4. The van der Waals surface area contributed by atoms with Crippen LogP contribution in [0.5, 0.6) is 0 Å². The van der Waals surface area contributed by atoms with Gasteiger partial charge < -0.3 is 5.32 Å². The van der Waals surface area contributed by atoms with Crippen molar-refractivity contribution in [3.8, 4) is 0 Å². The van der Waals surface area contributed by atoms with E-state index in [1.807, 2.05) is 30.7 Å². The molecule has 4 rings (SSSR count). The number of nitrogens with zero attached hydrogens (tertiary/aromatic N) is 3. The van der Waals surface area contributed by atoms with Gasteiger partial charge in [0, 0.05) is 17.5 Å². The largest absolute Gasteiger partial charge is 0.339 e. The number of nitrogens with one attached hydrogen (secondary N) is 1. The maximum atomic E-state index is 4.81. The Bertz CT molecular complexity index is 1130. The minimum atomic E-state index is 0.704. The van der Waals surface area contributed by atoms with Crippen LogP contribution in [0.1, 0.15) is 74.3 Å². The van der Waals surface area contributed by atoms with Crippen molar-refractivity contribution in [2.45, 2.75) is 51.9 Å². The summed E-state index contributed by atoms with van der Waals surface area (Å²) in [4.78, 5) is 4.50. The van der Waals surface area contributed by atoms with Crippen LogP contribution >= 0.6 is 0 Å². The first-order valence-electron chi connectivity index (χ1n) is 11.4. The summed E-state index contributed by atoms with van der Waals surface area (Å²) < 4.78 is 1.84. The normalized spacial score (nSPS) is 17.1. The molecule has 164 valence electrons. The Balaban J connectivity index is 1.67. The number of fused-ring (bicyclic) bond motifs is 1. The van der Waals surface area contributed by atoms with Crippen molar-refractivity contribution in [2.75, 3.05) is 5.32 Å². The molecule has 2 aromatic rings. The highest BCUT2D eigenvalue weighted by Gasteiger charge is 2.25. The highest BCUT2D eigenvalue weighted by Crippen LogP contribution is 2.39. The van der Waals surface area contributed by atoms with Crippen molar-refractivity contribution in [1.29, 1.82) is 0 Å². The van der Waals surface area contributed by atoms with Crippen LogP contribution in [0.4, 0.5) is 5.82 Å². The van der Waals surface area contributed by atoms with Gasteiger partial charge >= 0.3 is 0 Å². The summed E-state index contributed by atoms with van der Waals surface area (Å²) >= 11 is 0. The third kappa shape index (κ3) is 4.18. The zero-order chi connectivity index (χ0) is 22.7. The van der Waals surface area contributed by atoms with E-state index in [0.717, 1.165) is 45.3 Å². The zero-order valence-corrected chi connectivity index (χ0v) is 19.2. The van der Waals surface area contributed by atoms with E-state index in [0.29, 0.717) is 5.92 Å². The van der Waals surface area contributed by atoms with Crippen LogP contribution in [0.25, 0.3) is 22.7 Å². The second kappa shape index (κ2) is 9.39. The molecule has 32 heavy (non-hydrogen) atoms. The molecule has 0 radical (unpaired) electrons. The molecule has 1 aromatic heterocycles. The summed E-state index contributed by atoms with van der Waals surface area (Å²) in [5.74, 6) is 1.58. The smallest absolute Gasteiger partial charge is 0.142 e. The van der Waals surface area contributed by atoms with Crippen molar-refractivity contribution in [1.82, 2.24) is 9.78 Å². The van der Waals surface area contributed by atoms with Crippen molar-refractivity contribution in [2.24, 2.45) is 4.99 Å². The Morgan fingerprint density at radius 2 is 1.91 bits per heavy atom. The van der Waals surface area contributed by atoms with Crippen LogP contribution in [-0.2, 0) is 0 Å². The first-order valence-corrected chi connectivity index (χ1v) is 11.4. The quantitative estimate of drug-likeness (QED) is 0.487. The number of hydrogen-bond acceptors (Lipinski definition) is 3. The highest BCUT2D eigenvalue weighted by molar-refractivity contribution is 5.94. The van der Waals surface area contributed by atoms with Gasteiger partial charge in [0.05, 0.1) is 11.4 Å². The number of allylic oxidation sites excluding steroid dienone is 5. The zero-order valence-electron chi connectivity index (χ0n) is 19.2. The molecule has 0 atom stereocenters. The van der Waals surface area contributed by atoms with Crippen LogP contribution in [0, 0.1) is 0 Å². The molecule has 1 aromatic carbocycles. The van der Waals surface area contributed by atoms with Gasteiger partial charge in [0.15, 0.2) is 0 Å². The molecular weight excluding hydrogens is 392 g/mol. The number of aromatic nitrogens is 2. The van der Waals surface area contributed by atoms with Crippen molar-refractivity contribution >= 4 is 34.7 Å². The van der Waals surface area contributed by atoms with Gasteiger partial charge in [0.25, 0.3) is 0 Å². The number of aliphatic imine (C=N–C) groups is 1. The average Bonchev–Trinajstić information content (AvgIpc) is 3.20. The van der Waals surface area contributed by atoms with Gasteiger partial charge in [0.1, 0.15) is 11.5 Å². The second-order valence-corrected chi connectivity index (χ2v) is 8.58. The molecule has 2 heterocycles. The van der Waals surface area contributed by atoms with Gasteiger partial charge in [-0.15, -0.1) is 0 Å². The number of benzene rings is 1. The third-order valence-electron chi connectivity index (χ3n) is 6.28. The lowest BCUT2D eigenvalue weighted by molar-refractivity contribution is 0.443. The fourth-order valence-corrected chi connectivity index (χ4v) is 4.65. The first kappa shape index (κ1) is 21.8. The first-order chi connectivity index (χ1) is 15.5. The molecule has 1 N–H and O–H groups in total. The molecule has 0 bridgehead atoms. The topological polar surface area (TPSA) is 42.2 Å². The fraction of sp³-hybridized carbons (Fsp3) is 0.286. The number of hydrogen-bond donors (Lipinski definition) is 1. The minimum Gasteiger partial charge on any atom is -0.339 e. The molecule has 0 amide bonds. The Labute approximate surface area is 191 Å². The molecule has 0 spiro atoms. The maximum Gasteiger partial charge on any atom is 0.142 e. The molecule has 1 saturated carbocycles. The molecule has 4 heteroatoms. The lowest BCUT2D eigenvalue weighted by atomic mass is 9.84. The molecule has 1 aliphatic heterocycles. The Hall–Kier alpha value is -3.40. The summed E-state index contributed by atoms with van der Waals surface area (Å²) in [5, 5.41) is 8.40. The molecule has 0 saturated heterocycles.